The predicted molar refractivity (Wildman–Crippen MR) is 98.9 cm³/mol. The van der Waals surface area contributed by atoms with Crippen LogP contribution in [0.2, 0.25) is 0 Å². The van der Waals surface area contributed by atoms with Gasteiger partial charge in [0.05, 0.1) is 29.6 Å². The first-order valence-corrected chi connectivity index (χ1v) is 8.24. The molecule has 1 aromatic carbocycles. The van der Waals surface area contributed by atoms with E-state index in [2.05, 4.69) is 15.3 Å². The number of hydrogen-bond donors (Lipinski definition) is 1. The highest BCUT2D eigenvalue weighted by atomic mass is 35.5. The fraction of sp³-hybridized carbons (Fsp3) is 0.235. The second-order valence-electron chi connectivity index (χ2n) is 5.48. The van der Waals surface area contributed by atoms with Gasteiger partial charge in [-0.05, 0) is 18.2 Å². The van der Waals surface area contributed by atoms with Crippen LogP contribution in [0.4, 0.5) is 5.69 Å². The number of aromatic nitrogens is 2. The first-order chi connectivity index (χ1) is 12.2. The number of benzene rings is 1. The van der Waals surface area contributed by atoms with Crippen LogP contribution in [-0.2, 0) is 11.3 Å². The molecule has 0 radical (unpaired) electrons. The molecule has 1 aromatic heterocycles. The Bertz CT molecular complexity index is 785. The van der Waals surface area contributed by atoms with Crippen molar-refractivity contribution in [3.05, 3.63) is 54.6 Å². The van der Waals surface area contributed by atoms with Crippen LogP contribution in [0.25, 0.3) is 5.70 Å². The largest absolute Gasteiger partial charge is 0.355 e. The highest BCUT2D eigenvalue weighted by molar-refractivity contribution is 6.25. The Morgan fingerprint density at radius 3 is 2.92 bits per heavy atom. The number of rotatable bonds is 6. The molecule has 3 rings (SSSR count). The second kappa shape index (κ2) is 7.85. The lowest BCUT2D eigenvalue weighted by molar-refractivity contribution is -0.118. The number of anilines is 1. The number of halogens is 1. The smallest absolute Gasteiger partial charge is 0.216 e. The van der Waals surface area contributed by atoms with Crippen molar-refractivity contribution in [1.82, 2.24) is 19.9 Å². The van der Waals surface area contributed by atoms with E-state index < -0.39 is 0 Å². The summed E-state index contributed by atoms with van der Waals surface area (Å²) in [5, 5.41) is 4.65. The van der Waals surface area contributed by atoms with Gasteiger partial charge in [0.25, 0.3) is 0 Å². The molecule has 2 heterocycles. The number of carbonyl (C=O) groups is 1. The minimum Gasteiger partial charge on any atom is -0.355 e. The Labute approximate surface area is 151 Å². The number of imidazole rings is 1. The predicted octanol–water partition coefficient (Wildman–Crippen LogP) is 2.28. The van der Waals surface area contributed by atoms with Gasteiger partial charge in [0.15, 0.2) is 0 Å². The van der Waals surface area contributed by atoms with Crippen LogP contribution in [-0.4, -0.2) is 39.9 Å². The number of carbonyl (C=O) groups excluding carboxylic acids is 1. The molecule has 0 spiro atoms. The molecule has 0 fully saturated rings. The van der Waals surface area contributed by atoms with Crippen molar-refractivity contribution in [3.8, 4) is 0 Å². The highest BCUT2D eigenvalue weighted by Crippen LogP contribution is 2.28. The lowest BCUT2D eigenvalue weighted by Gasteiger charge is -2.34. The van der Waals surface area contributed by atoms with Crippen molar-refractivity contribution >= 4 is 35.3 Å². The maximum atomic E-state index is 11.1. The minimum atomic E-state index is -0.0525. The number of amides is 1. The quantitative estimate of drug-likeness (QED) is 0.804. The molecule has 0 aliphatic carbocycles. The lowest BCUT2D eigenvalue weighted by Crippen LogP contribution is -2.37. The van der Waals surface area contributed by atoms with Crippen molar-refractivity contribution in [2.45, 2.75) is 13.5 Å². The summed E-state index contributed by atoms with van der Waals surface area (Å²) < 4.78 is 3.52. The van der Waals surface area contributed by atoms with E-state index >= 15 is 0 Å². The zero-order valence-corrected chi connectivity index (χ0v) is 14.6. The third-order valence-electron chi connectivity index (χ3n) is 3.71. The third-order valence-corrected chi connectivity index (χ3v) is 4.09. The van der Waals surface area contributed by atoms with E-state index in [1.165, 1.54) is 6.92 Å². The number of allylic oxidation sites excluding steroid dienone is 1. The van der Waals surface area contributed by atoms with E-state index in [-0.39, 0.29) is 5.91 Å². The van der Waals surface area contributed by atoms with Gasteiger partial charge in [0.1, 0.15) is 6.67 Å². The van der Waals surface area contributed by atoms with Crippen LogP contribution in [0, 0.1) is 0 Å². The number of hydrogen-bond acceptors (Lipinski definition) is 5. The molecule has 0 atom stereocenters. The minimum absolute atomic E-state index is 0.0525. The number of hydrazine groups is 1. The molecule has 0 saturated carbocycles. The molecule has 0 unspecified atom stereocenters. The SMILES string of the molecule is CC(=O)NCCn1cncc1C1=CC=NCN1N(Cl)c1ccccc1. The standard InChI is InChI=1S/C17H19ClN6O/c1-14(25)21-9-10-22-12-20-11-17(22)16-7-8-19-13-23(16)24(18)15-5-3-2-4-6-15/h2-8,11-12H,9-10,13H2,1H3,(H,21,25). The van der Waals surface area contributed by atoms with Crippen LogP contribution in [0.5, 0.6) is 0 Å². The normalized spacial score (nSPS) is 13.5. The summed E-state index contributed by atoms with van der Waals surface area (Å²) >= 11 is 6.55. The van der Waals surface area contributed by atoms with Crippen LogP contribution in [0.3, 0.4) is 0 Å². The van der Waals surface area contributed by atoms with Crippen molar-refractivity contribution in [2.75, 3.05) is 17.7 Å². The number of nitrogens with zero attached hydrogens (tertiary/aromatic N) is 5. The summed E-state index contributed by atoms with van der Waals surface area (Å²) in [6.45, 7) is 3.05. The summed E-state index contributed by atoms with van der Waals surface area (Å²) in [5.41, 5.74) is 2.63. The molecular weight excluding hydrogens is 340 g/mol. The van der Waals surface area contributed by atoms with Crippen molar-refractivity contribution in [2.24, 2.45) is 4.99 Å². The maximum absolute atomic E-state index is 11.1. The van der Waals surface area contributed by atoms with Gasteiger partial charge in [-0.25, -0.2) is 9.99 Å². The Morgan fingerprint density at radius 2 is 2.16 bits per heavy atom. The molecule has 1 N–H and O–H groups in total. The van der Waals surface area contributed by atoms with E-state index in [1.54, 1.807) is 23.3 Å². The molecule has 8 heteroatoms. The molecule has 1 aliphatic heterocycles. The zero-order chi connectivity index (χ0) is 17.6. The summed E-state index contributed by atoms with van der Waals surface area (Å²) in [4.78, 5) is 19.6. The second-order valence-corrected chi connectivity index (χ2v) is 5.80. The van der Waals surface area contributed by atoms with Crippen LogP contribution >= 0.6 is 11.8 Å². The van der Waals surface area contributed by atoms with Crippen LogP contribution in [0.1, 0.15) is 12.6 Å². The molecule has 130 valence electrons. The van der Waals surface area contributed by atoms with Crippen LogP contribution in [0.15, 0.2) is 53.9 Å². The fourth-order valence-electron chi connectivity index (χ4n) is 2.53. The molecule has 1 amide bonds. The Balaban J connectivity index is 1.82. The first kappa shape index (κ1) is 17.0. The first-order valence-electron chi connectivity index (χ1n) is 7.90. The number of nitrogens with one attached hydrogen (secondary N) is 1. The molecule has 7 nitrogen and oxygen atoms in total. The van der Waals surface area contributed by atoms with Crippen LogP contribution < -0.4 is 9.84 Å². The molecular formula is C17H19ClN6O. The van der Waals surface area contributed by atoms with E-state index in [0.29, 0.717) is 19.8 Å². The van der Waals surface area contributed by atoms with Gasteiger partial charge in [0.2, 0.25) is 5.91 Å². The number of aliphatic imine (C=N–C) groups is 1. The molecule has 1 aliphatic rings. The maximum Gasteiger partial charge on any atom is 0.216 e. The van der Waals surface area contributed by atoms with E-state index in [9.17, 15) is 4.79 Å². The van der Waals surface area contributed by atoms with Crippen molar-refractivity contribution in [1.29, 1.82) is 0 Å². The highest BCUT2D eigenvalue weighted by Gasteiger charge is 2.22. The number of para-hydroxylation sites is 1. The van der Waals surface area contributed by atoms with Gasteiger partial charge >= 0.3 is 0 Å². The molecule has 0 saturated heterocycles. The van der Waals surface area contributed by atoms with Crippen molar-refractivity contribution in [3.63, 3.8) is 0 Å². The van der Waals surface area contributed by atoms with Crippen molar-refractivity contribution < 1.29 is 4.79 Å². The average molecular weight is 359 g/mol. The Hall–Kier alpha value is -2.80. The Kier molecular flexibility index (Phi) is 5.35. The third kappa shape index (κ3) is 4.00. The van der Waals surface area contributed by atoms with E-state index in [4.69, 9.17) is 11.8 Å². The van der Waals surface area contributed by atoms with E-state index in [1.807, 2.05) is 46.0 Å². The van der Waals surface area contributed by atoms with Gasteiger partial charge in [-0.1, -0.05) is 18.2 Å². The van der Waals surface area contributed by atoms with Gasteiger partial charge in [-0.2, -0.15) is 4.53 Å². The van der Waals surface area contributed by atoms with Gasteiger partial charge in [0, 0.05) is 38.0 Å². The van der Waals surface area contributed by atoms with Gasteiger partial charge < -0.3 is 9.88 Å². The summed E-state index contributed by atoms with van der Waals surface area (Å²) in [6.07, 6.45) is 7.17. The molecule has 0 bridgehead atoms. The summed E-state index contributed by atoms with van der Waals surface area (Å²) in [7, 11) is 0. The Morgan fingerprint density at radius 1 is 1.36 bits per heavy atom. The molecule has 25 heavy (non-hydrogen) atoms. The average Bonchev–Trinajstić information content (AvgIpc) is 3.10. The fourth-order valence-corrected chi connectivity index (χ4v) is 2.77. The summed E-state index contributed by atoms with van der Waals surface area (Å²) in [5.74, 6) is -0.0525. The van der Waals surface area contributed by atoms with Gasteiger partial charge in [-0.3, -0.25) is 9.79 Å². The van der Waals surface area contributed by atoms with Gasteiger partial charge in [-0.15, -0.1) is 0 Å². The lowest BCUT2D eigenvalue weighted by atomic mass is 10.2. The van der Waals surface area contributed by atoms with E-state index in [0.717, 1.165) is 17.1 Å². The topological polar surface area (TPSA) is 65.8 Å². The zero-order valence-electron chi connectivity index (χ0n) is 13.8. The monoisotopic (exact) mass is 358 g/mol. The molecule has 2 aromatic rings. The summed E-state index contributed by atoms with van der Waals surface area (Å²) in [6, 6.07) is 9.66.